The number of aromatic amines is 1. The van der Waals surface area contributed by atoms with Gasteiger partial charge in [-0.15, -0.1) is 12.4 Å². The van der Waals surface area contributed by atoms with Crippen molar-refractivity contribution in [3.05, 3.63) is 44.6 Å². The first-order valence-corrected chi connectivity index (χ1v) is 7.84. The maximum atomic E-state index is 12.6. The summed E-state index contributed by atoms with van der Waals surface area (Å²) in [4.78, 5) is 41.3. The van der Waals surface area contributed by atoms with E-state index >= 15 is 0 Å². The number of H-pyrrole nitrogens is 1. The van der Waals surface area contributed by atoms with Gasteiger partial charge in [0.25, 0.3) is 11.5 Å². The summed E-state index contributed by atoms with van der Waals surface area (Å²) in [5, 5.41) is 0.403. The highest BCUT2D eigenvalue weighted by Crippen LogP contribution is 2.20. The highest BCUT2D eigenvalue weighted by atomic mass is 35.5. The highest BCUT2D eigenvalue weighted by Gasteiger charge is 2.28. The quantitative estimate of drug-likeness (QED) is 0.848. The van der Waals surface area contributed by atoms with Crippen LogP contribution >= 0.6 is 12.4 Å². The second-order valence-corrected chi connectivity index (χ2v) is 5.77. The van der Waals surface area contributed by atoms with Gasteiger partial charge in [-0.25, -0.2) is 4.79 Å². The Bertz CT molecular complexity index is 874. The normalized spacial score (nSPS) is 17.1. The third-order valence-electron chi connectivity index (χ3n) is 4.46. The number of carbonyl (C=O) groups excluding carboxylic acids is 1. The van der Waals surface area contributed by atoms with E-state index in [1.54, 1.807) is 30.0 Å². The number of hydrogen-bond donors (Lipinski definition) is 2. The number of benzene rings is 1. The molecule has 1 atom stereocenters. The number of halogens is 1. The van der Waals surface area contributed by atoms with Gasteiger partial charge in [0, 0.05) is 31.2 Å². The number of amides is 1. The van der Waals surface area contributed by atoms with Crippen molar-refractivity contribution in [2.75, 3.05) is 13.1 Å². The molecule has 1 amide bonds. The van der Waals surface area contributed by atoms with E-state index in [-0.39, 0.29) is 29.9 Å². The number of aromatic nitrogens is 2. The van der Waals surface area contributed by atoms with Crippen molar-refractivity contribution in [2.24, 2.45) is 5.73 Å². The summed E-state index contributed by atoms with van der Waals surface area (Å²) >= 11 is 0. The van der Waals surface area contributed by atoms with E-state index in [0.29, 0.717) is 36.1 Å². The first-order chi connectivity index (χ1) is 11.1. The van der Waals surface area contributed by atoms with Crippen LogP contribution in [0.5, 0.6) is 0 Å². The van der Waals surface area contributed by atoms with Gasteiger partial charge < -0.3 is 15.6 Å². The molecule has 3 rings (SSSR count). The number of rotatable bonds is 3. The summed E-state index contributed by atoms with van der Waals surface area (Å²) in [5.41, 5.74) is 5.76. The Morgan fingerprint density at radius 2 is 2.12 bits per heavy atom. The molecule has 8 heteroatoms. The number of nitrogens with one attached hydrogen (secondary N) is 1. The molecule has 7 nitrogen and oxygen atoms in total. The van der Waals surface area contributed by atoms with Crippen LogP contribution in [0.1, 0.15) is 30.1 Å². The molecule has 24 heavy (non-hydrogen) atoms. The fourth-order valence-corrected chi connectivity index (χ4v) is 3.19. The standard InChI is InChI=1S/C16H20N4O3.ClH/c1-2-19-15(22)12-6-5-10(8-13(12)18-16(19)23)14(21)20-7-3-4-11(20)9-17;/h5-6,8,11H,2-4,7,9,17H2,1H3,(H,18,23);1H. The predicted octanol–water partition coefficient (Wildman–Crippen LogP) is 0.695. The average Bonchev–Trinajstić information content (AvgIpc) is 3.02. The molecule has 2 aromatic rings. The van der Waals surface area contributed by atoms with Gasteiger partial charge in [0.1, 0.15) is 0 Å². The van der Waals surface area contributed by atoms with Gasteiger partial charge >= 0.3 is 5.69 Å². The molecule has 2 heterocycles. The van der Waals surface area contributed by atoms with E-state index in [9.17, 15) is 14.4 Å². The van der Waals surface area contributed by atoms with Gasteiger partial charge in [-0.2, -0.15) is 0 Å². The Kier molecular flexibility index (Phi) is 5.46. The molecule has 1 fully saturated rings. The van der Waals surface area contributed by atoms with Gasteiger partial charge in [-0.1, -0.05) is 0 Å². The second kappa shape index (κ2) is 7.19. The maximum absolute atomic E-state index is 12.6. The van der Waals surface area contributed by atoms with Crippen molar-refractivity contribution in [1.82, 2.24) is 14.5 Å². The molecule has 0 bridgehead atoms. The summed E-state index contributed by atoms with van der Waals surface area (Å²) in [7, 11) is 0. The van der Waals surface area contributed by atoms with Gasteiger partial charge in [0.05, 0.1) is 10.9 Å². The van der Waals surface area contributed by atoms with E-state index in [1.165, 1.54) is 0 Å². The van der Waals surface area contributed by atoms with Crippen molar-refractivity contribution >= 4 is 29.2 Å². The third kappa shape index (κ3) is 2.97. The lowest BCUT2D eigenvalue weighted by Gasteiger charge is -2.23. The van der Waals surface area contributed by atoms with E-state index in [4.69, 9.17) is 5.73 Å². The Morgan fingerprint density at radius 3 is 2.79 bits per heavy atom. The molecular formula is C16H21ClN4O3. The van der Waals surface area contributed by atoms with E-state index < -0.39 is 5.69 Å². The topological polar surface area (TPSA) is 101 Å². The fourth-order valence-electron chi connectivity index (χ4n) is 3.19. The van der Waals surface area contributed by atoms with Crippen molar-refractivity contribution in [2.45, 2.75) is 32.4 Å². The molecule has 130 valence electrons. The molecule has 0 radical (unpaired) electrons. The minimum absolute atomic E-state index is 0. The lowest BCUT2D eigenvalue weighted by molar-refractivity contribution is 0.0741. The van der Waals surface area contributed by atoms with Gasteiger partial charge in [0.15, 0.2) is 0 Å². The summed E-state index contributed by atoms with van der Waals surface area (Å²) in [6.45, 7) is 3.17. The first kappa shape index (κ1) is 18.2. The van der Waals surface area contributed by atoms with Crippen LogP contribution in [0.15, 0.2) is 27.8 Å². The van der Waals surface area contributed by atoms with Crippen LogP contribution in [-0.2, 0) is 6.54 Å². The minimum atomic E-state index is -0.462. The zero-order valence-corrected chi connectivity index (χ0v) is 14.3. The van der Waals surface area contributed by atoms with E-state index in [2.05, 4.69) is 4.98 Å². The molecule has 1 unspecified atom stereocenters. The Hall–Kier alpha value is -2.12. The van der Waals surface area contributed by atoms with Crippen LogP contribution in [-0.4, -0.2) is 39.5 Å². The monoisotopic (exact) mass is 352 g/mol. The van der Waals surface area contributed by atoms with Crippen LogP contribution in [0.2, 0.25) is 0 Å². The number of hydrogen-bond acceptors (Lipinski definition) is 4. The molecule has 1 aromatic heterocycles. The molecular weight excluding hydrogens is 332 g/mol. The third-order valence-corrected chi connectivity index (χ3v) is 4.46. The smallest absolute Gasteiger partial charge is 0.328 e. The minimum Gasteiger partial charge on any atom is -0.334 e. The number of fused-ring (bicyclic) bond motifs is 1. The Morgan fingerprint density at radius 1 is 1.38 bits per heavy atom. The lowest BCUT2D eigenvalue weighted by atomic mass is 10.1. The van der Waals surface area contributed by atoms with Crippen LogP contribution < -0.4 is 17.0 Å². The molecule has 0 saturated carbocycles. The molecule has 0 aliphatic carbocycles. The summed E-state index contributed by atoms with van der Waals surface area (Å²) < 4.78 is 1.13. The highest BCUT2D eigenvalue weighted by molar-refractivity contribution is 5.98. The maximum Gasteiger partial charge on any atom is 0.328 e. The Labute approximate surface area is 144 Å². The first-order valence-electron chi connectivity index (χ1n) is 7.84. The van der Waals surface area contributed by atoms with Crippen LogP contribution in [0, 0.1) is 0 Å². The summed E-state index contributed by atoms with van der Waals surface area (Å²) in [6, 6.07) is 4.87. The average molecular weight is 353 g/mol. The molecule has 0 spiro atoms. The van der Waals surface area contributed by atoms with Crippen molar-refractivity contribution < 1.29 is 4.79 Å². The van der Waals surface area contributed by atoms with Crippen molar-refractivity contribution in [3.63, 3.8) is 0 Å². The summed E-state index contributed by atoms with van der Waals surface area (Å²) in [5.74, 6) is -0.111. The van der Waals surface area contributed by atoms with Crippen molar-refractivity contribution in [1.29, 1.82) is 0 Å². The zero-order chi connectivity index (χ0) is 16.6. The Balaban J connectivity index is 0.00000208. The fraction of sp³-hybridized carbons (Fsp3) is 0.438. The predicted molar refractivity (Wildman–Crippen MR) is 94.9 cm³/mol. The van der Waals surface area contributed by atoms with Crippen LogP contribution in [0.25, 0.3) is 10.9 Å². The summed E-state index contributed by atoms with van der Waals surface area (Å²) in [6.07, 6.45) is 1.85. The van der Waals surface area contributed by atoms with Crippen LogP contribution in [0.4, 0.5) is 0 Å². The lowest BCUT2D eigenvalue weighted by Crippen LogP contribution is -2.40. The number of nitrogens with zero attached hydrogens (tertiary/aromatic N) is 2. The van der Waals surface area contributed by atoms with Gasteiger partial charge in [-0.3, -0.25) is 14.2 Å². The number of nitrogens with two attached hydrogens (primary N) is 1. The molecule has 1 saturated heterocycles. The largest absolute Gasteiger partial charge is 0.334 e. The van der Waals surface area contributed by atoms with Gasteiger partial charge in [-0.05, 0) is 38.0 Å². The van der Waals surface area contributed by atoms with Crippen LogP contribution in [0.3, 0.4) is 0 Å². The molecule has 1 aromatic carbocycles. The number of carbonyl (C=O) groups is 1. The molecule has 1 aliphatic heterocycles. The SMILES string of the molecule is CCn1c(=O)[nH]c2cc(C(=O)N3CCCC3CN)ccc2c1=O.Cl. The second-order valence-electron chi connectivity index (χ2n) is 5.77. The van der Waals surface area contributed by atoms with E-state index in [1.807, 2.05) is 0 Å². The molecule has 3 N–H and O–H groups in total. The van der Waals surface area contributed by atoms with Crippen molar-refractivity contribution in [3.8, 4) is 0 Å². The van der Waals surface area contributed by atoms with Gasteiger partial charge in [0.2, 0.25) is 0 Å². The van der Waals surface area contributed by atoms with E-state index in [0.717, 1.165) is 17.4 Å². The zero-order valence-electron chi connectivity index (χ0n) is 13.4. The number of likely N-dealkylation sites (tertiary alicyclic amines) is 1. The molecule has 1 aliphatic rings.